The lowest BCUT2D eigenvalue weighted by atomic mass is 10.1. The number of sulfone groups is 1. The van der Waals surface area contributed by atoms with Crippen LogP contribution in [0.1, 0.15) is 6.42 Å². The summed E-state index contributed by atoms with van der Waals surface area (Å²) < 4.78 is 48.8. The van der Waals surface area contributed by atoms with E-state index in [9.17, 15) is 17.6 Å². The second-order valence-electron chi connectivity index (χ2n) is 6.96. The van der Waals surface area contributed by atoms with Gasteiger partial charge in [-0.05, 0) is 0 Å². The second-order valence-corrected chi connectivity index (χ2v) is 10.4. The maximum Gasteiger partial charge on any atom is 0.415 e. The highest BCUT2D eigenvalue weighted by Crippen LogP contribution is 2.43. The minimum Gasteiger partial charge on any atom is -0.489 e. The van der Waals surface area contributed by atoms with E-state index in [0.717, 1.165) is 30.9 Å². The summed E-state index contributed by atoms with van der Waals surface area (Å²) in [6.07, 6.45) is 0.146. The molecule has 10 heteroatoms. The summed E-state index contributed by atoms with van der Waals surface area (Å²) in [5.74, 6) is 1.85. The molecule has 7 nitrogen and oxygen atoms in total. The Labute approximate surface area is 161 Å². The Morgan fingerprint density at radius 3 is 2.70 bits per heavy atom. The van der Waals surface area contributed by atoms with E-state index in [1.165, 1.54) is 11.0 Å². The molecule has 1 amide bonds. The van der Waals surface area contributed by atoms with E-state index >= 15 is 0 Å². The Balaban J connectivity index is 1.59. The van der Waals surface area contributed by atoms with Crippen LogP contribution >= 0.6 is 11.8 Å². The maximum atomic E-state index is 14.8. The van der Waals surface area contributed by atoms with Gasteiger partial charge in [0.2, 0.25) is 0 Å². The molecule has 3 aliphatic heterocycles. The zero-order valence-corrected chi connectivity index (χ0v) is 16.5. The Bertz CT molecular complexity index is 857. The Kier molecular flexibility index (Phi) is 4.87. The van der Waals surface area contributed by atoms with E-state index < -0.39 is 33.9 Å². The lowest BCUT2D eigenvalue weighted by Crippen LogP contribution is -2.45. The predicted molar refractivity (Wildman–Crippen MR) is 102 cm³/mol. The van der Waals surface area contributed by atoms with Crippen LogP contribution < -0.4 is 14.5 Å². The fourth-order valence-corrected chi connectivity index (χ4v) is 5.23. The van der Waals surface area contributed by atoms with Crippen LogP contribution in [-0.2, 0) is 14.6 Å². The molecule has 4 rings (SSSR count). The van der Waals surface area contributed by atoms with Gasteiger partial charge in [0.05, 0.1) is 17.1 Å². The third-order valence-corrected chi connectivity index (χ3v) is 6.95. The summed E-state index contributed by atoms with van der Waals surface area (Å²) >= 11 is 1.84. The topological polar surface area (TPSA) is 76.2 Å². The van der Waals surface area contributed by atoms with Gasteiger partial charge in [0.15, 0.2) is 0 Å². The summed E-state index contributed by atoms with van der Waals surface area (Å²) in [7, 11) is -3.17. The summed E-state index contributed by atoms with van der Waals surface area (Å²) in [6.45, 7) is 1.72. The van der Waals surface area contributed by atoms with Crippen molar-refractivity contribution in [1.29, 1.82) is 0 Å². The van der Waals surface area contributed by atoms with Crippen molar-refractivity contribution in [2.24, 2.45) is 0 Å². The number of ether oxygens (including phenoxy) is 2. The molecule has 2 saturated heterocycles. The Morgan fingerprint density at radius 2 is 2.00 bits per heavy atom. The average Bonchev–Trinajstić information content (AvgIpc) is 2.96. The minimum absolute atomic E-state index is 0.0809. The van der Waals surface area contributed by atoms with Crippen molar-refractivity contribution in [2.75, 3.05) is 53.0 Å². The molecule has 0 aliphatic carbocycles. The molecule has 1 aromatic carbocycles. The number of benzene rings is 1. The van der Waals surface area contributed by atoms with Gasteiger partial charge in [-0.2, -0.15) is 11.8 Å². The van der Waals surface area contributed by atoms with E-state index in [2.05, 4.69) is 0 Å². The van der Waals surface area contributed by atoms with Crippen LogP contribution in [0, 0.1) is 5.82 Å². The van der Waals surface area contributed by atoms with Crippen molar-refractivity contribution in [3.05, 3.63) is 17.9 Å². The normalized spacial score (nSPS) is 24.9. The number of nitrogens with zero attached hydrogens (tertiary/aromatic N) is 2. The molecule has 27 heavy (non-hydrogen) atoms. The SMILES string of the molecule is CS(=O)(=O)CC[C@@H]1OC(=O)N2c3cc(F)c(N4CCSCC4)cc3OC[C@@H]12. The molecular weight excluding hydrogens is 395 g/mol. The molecule has 3 aliphatic rings. The van der Waals surface area contributed by atoms with Crippen LogP contribution in [0.3, 0.4) is 0 Å². The van der Waals surface area contributed by atoms with Crippen molar-refractivity contribution >= 4 is 39.1 Å². The van der Waals surface area contributed by atoms with E-state index in [0.29, 0.717) is 17.1 Å². The van der Waals surface area contributed by atoms with Crippen molar-refractivity contribution in [1.82, 2.24) is 0 Å². The van der Waals surface area contributed by atoms with Gasteiger partial charge in [0, 0.05) is 49.4 Å². The van der Waals surface area contributed by atoms with Crippen LogP contribution in [0.15, 0.2) is 12.1 Å². The number of rotatable bonds is 4. The summed E-state index contributed by atoms with van der Waals surface area (Å²) in [4.78, 5) is 15.7. The largest absolute Gasteiger partial charge is 0.489 e. The van der Waals surface area contributed by atoms with Crippen molar-refractivity contribution in [3.8, 4) is 5.75 Å². The molecule has 2 fully saturated rings. The number of carbonyl (C=O) groups is 1. The highest BCUT2D eigenvalue weighted by molar-refractivity contribution is 7.99. The third-order valence-electron chi connectivity index (χ3n) is 5.03. The molecule has 0 unspecified atom stereocenters. The summed E-state index contributed by atoms with van der Waals surface area (Å²) in [5, 5.41) is 0. The van der Waals surface area contributed by atoms with E-state index in [-0.39, 0.29) is 18.8 Å². The molecular formula is C17H21FN2O5S2. The number of thioether (sulfide) groups is 1. The molecule has 0 radical (unpaired) electrons. The Morgan fingerprint density at radius 1 is 1.26 bits per heavy atom. The molecule has 0 spiro atoms. The number of cyclic esters (lactones) is 1. The maximum absolute atomic E-state index is 14.8. The van der Waals surface area contributed by atoms with Gasteiger partial charge in [0.25, 0.3) is 0 Å². The van der Waals surface area contributed by atoms with Crippen LogP contribution in [-0.4, -0.2) is 69.9 Å². The highest BCUT2D eigenvalue weighted by Gasteiger charge is 2.47. The predicted octanol–water partition coefficient (Wildman–Crippen LogP) is 1.90. The lowest BCUT2D eigenvalue weighted by molar-refractivity contribution is 0.119. The van der Waals surface area contributed by atoms with Gasteiger partial charge in [0.1, 0.15) is 40.2 Å². The first-order chi connectivity index (χ1) is 12.8. The number of carbonyl (C=O) groups excluding carboxylic acids is 1. The standard InChI is InChI=1S/C17H21FN2O5S2/c1-27(22,23)7-2-15-14-10-24-16-9-12(19-3-5-26-6-4-19)11(18)8-13(16)20(14)17(21)25-15/h8-9,14-15H,2-7,10H2,1H3/t14-,15-/m0/s1. The van der Waals surface area contributed by atoms with Crippen LogP contribution in [0.4, 0.5) is 20.6 Å². The molecule has 148 valence electrons. The number of anilines is 2. The van der Waals surface area contributed by atoms with Crippen molar-refractivity contribution in [3.63, 3.8) is 0 Å². The smallest absolute Gasteiger partial charge is 0.415 e. The first-order valence-corrected chi connectivity index (χ1v) is 12.0. The number of hydrogen-bond acceptors (Lipinski definition) is 7. The third kappa shape index (κ3) is 3.69. The zero-order chi connectivity index (χ0) is 19.2. The lowest BCUT2D eigenvalue weighted by Gasteiger charge is -2.34. The quantitative estimate of drug-likeness (QED) is 0.742. The van der Waals surface area contributed by atoms with Crippen LogP contribution in [0.25, 0.3) is 0 Å². The van der Waals surface area contributed by atoms with Crippen molar-refractivity contribution in [2.45, 2.75) is 18.6 Å². The minimum atomic E-state index is -3.17. The van der Waals surface area contributed by atoms with E-state index in [4.69, 9.17) is 9.47 Å². The van der Waals surface area contributed by atoms with Crippen LogP contribution in [0.5, 0.6) is 5.75 Å². The molecule has 3 heterocycles. The molecule has 0 N–H and O–H groups in total. The molecule has 2 atom stereocenters. The summed E-state index contributed by atoms with van der Waals surface area (Å²) in [5.41, 5.74) is 0.819. The number of hydrogen-bond donors (Lipinski definition) is 0. The highest BCUT2D eigenvalue weighted by atomic mass is 32.2. The fraction of sp³-hybridized carbons (Fsp3) is 0.588. The van der Waals surface area contributed by atoms with Crippen molar-refractivity contribution < 1.29 is 27.1 Å². The van der Waals surface area contributed by atoms with Gasteiger partial charge in [-0.1, -0.05) is 0 Å². The molecule has 1 aromatic rings. The summed E-state index contributed by atoms with van der Waals surface area (Å²) in [6, 6.07) is 2.51. The van der Waals surface area contributed by atoms with E-state index in [1.54, 1.807) is 6.07 Å². The average molecular weight is 416 g/mol. The van der Waals surface area contributed by atoms with Gasteiger partial charge >= 0.3 is 6.09 Å². The number of halogens is 1. The number of fused-ring (bicyclic) bond motifs is 3. The molecule has 0 saturated carbocycles. The second kappa shape index (κ2) is 7.05. The van der Waals surface area contributed by atoms with Gasteiger partial charge < -0.3 is 14.4 Å². The van der Waals surface area contributed by atoms with Gasteiger partial charge in [-0.3, -0.25) is 4.90 Å². The number of amides is 1. The van der Waals surface area contributed by atoms with Gasteiger partial charge in [-0.25, -0.2) is 17.6 Å². The van der Waals surface area contributed by atoms with Crippen LogP contribution in [0.2, 0.25) is 0 Å². The van der Waals surface area contributed by atoms with Gasteiger partial charge in [-0.15, -0.1) is 0 Å². The fourth-order valence-electron chi connectivity index (χ4n) is 3.66. The zero-order valence-electron chi connectivity index (χ0n) is 14.9. The first kappa shape index (κ1) is 18.7. The Hall–Kier alpha value is -1.68. The van der Waals surface area contributed by atoms with E-state index in [1.807, 2.05) is 16.7 Å². The monoisotopic (exact) mass is 416 g/mol. The molecule has 0 aromatic heterocycles. The molecule has 0 bridgehead atoms. The first-order valence-electron chi connectivity index (χ1n) is 8.80.